The Bertz CT molecular complexity index is 643. The van der Waals surface area contributed by atoms with Gasteiger partial charge in [-0.25, -0.2) is 0 Å². The van der Waals surface area contributed by atoms with E-state index in [0.717, 1.165) is 0 Å². The Kier molecular flexibility index (Phi) is 4.39. The van der Waals surface area contributed by atoms with E-state index in [4.69, 9.17) is 9.15 Å². The molecule has 2 fully saturated rings. The molecule has 2 aliphatic rings. The molecule has 2 atom stereocenters. The zero-order valence-electron chi connectivity index (χ0n) is 13.0. The number of likely N-dealkylation sites (tertiary alicyclic amines) is 1. The second kappa shape index (κ2) is 6.21. The molecule has 3 rings (SSSR count). The van der Waals surface area contributed by atoms with Crippen molar-refractivity contribution in [2.75, 3.05) is 26.2 Å². The van der Waals surface area contributed by atoms with Crippen molar-refractivity contribution in [2.24, 2.45) is 0 Å². The van der Waals surface area contributed by atoms with E-state index in [1.807, 2.05) is 0 Å². The van der Waals surface area contributed by atoms with Crippen molar-refractivity contribution in [1.29, 1.82) is 0 Å². The highest BCUT2D eigenvalue weighted by molar-refractivity contribution is 6.05. The smallest absolute Gasteiger partial charge is 0.406 e. The van der Waals surface area contributed by atoms with Crippen LogP contribution in [0.1, 0.15) is 24.0 Å². The van der Waals surface area contributed by atoms with Crippen LogP contribution in [-0.2, 0) is 14.3 Å². The third-order valence-electron chi connectivity index (χ3n) is 4.17. The summed E-state index contributed by atoms with van der Waals surface area (Å²) in [6, 6.07) is 2.68. The lowest BCUT2D eigenvalue weighted by Gasteiger charge is -2.34. The summed E-state index contributed by atoms with van der Waals surface area (Å²) in [5.41, 5.74) is 0. The van der Waals surface area contributed by atoms with Gasteiger partial charge < -0.3 is 9.15 Å². The molecule has 0 spiro atoms. The number of carbonyl (C=O) groups excluding carboxylic acids is 2. The van der Waals surface area contributed by atoms with Crippen LogP contribution in [0.25, 0.3) is 0 Å². The van der Waals surface area contributed by atoms with Crippen LogP contribution >= 0.6 is 0 Å². The highest BCUT2D eigenvalue weighted by atomic mass is 19.4. The van der Waals surface area contributed by atoms with Gasteiger partial charge >= 0.3 is 6.18 Å². The number of halogens is 3. The average molecular weight is 346 g/mol. The van der Waals surface area contributed by atoms with Crippen LogP contribution < -0.4 is 0 Å². The number of ether oxygens (including phenoxy) is 1. The van der Waals surface area contributed by atoms with E-state index in [1.54, 1.807) is 24.0 Å². The van der Waals surface area contributed by atoms with Crippen molar-refractivity contribution >= 4 is 11.8 Å². The minimum Gasteiger partial charge on any atom is -0.464 e. The molecule has 2 aliphatic heterocycles. The summed E-state index contributed by atoms with van der Waals surface area (Å²) >= 11 is 0. The predicted molar refractivity (Wildman–Crippen MR) is 74.9 cm³/mol. The number of nitrogens with zero attached hydrogens (tertiary/aromatic N) is 2. The van der Waals surface area contributed by atoms with Gasteiger partial charge in [-0.3, -0.25) is 19.4 Å². The molecule has 2 saturated heterocycles. The van der Waals surface area contributed by atoms with Crippen molar-refractivity contribution in [3.63, 3.8) is 0 Å². The Hall–Kier alpha value is -1.87. The van der Waals surface area contributed by atoms with Crippen LogP contribution in [0.5, 0.6) is 0 Å². The summed E-state index contributed by atoms with van der Waals surface area (Å²) in [5, 5.41) is 0. The first-order valence-electron chi connectivity index (χ1n) is 7.57. The molecule has 132 valence electrons. The number of imide groups is 1. The maximum atomic E-state index is 12.5. The van der Waals surface area contributed by atoms with Crippen LogP contribution in [0, 0.1) is 6.92 Å². The summed E-state index contributed by atoms with van der Waals surface area (Å²) in [5.74, 6) is -0.275. The molecule has 0 saturated carbocycles. The normalized spacial score (nSPS) is 26.4. The highest BCUT2D eigenvalue weighted by Gasteiger charge is 2.47. The summed E-state index contributed by atoms with van der Waals surface area (Å²) < 4.78 is 48.7. The van der Waals surface area contributed by atoms with E-state index in [1.165, 1.54) is 0 Å². The van der Waals surface area contributed by atoms with E-state index in [2.05, 4.69) is 0 Å². The third-order valence-corrected chi connectivity index (χ3v) is 4.17. The fourth-order valence-corrected chi connectivity index (χ4v) is 3.05. The van der Waals surface area contributed by atoms with Crippen molar-refractivity contribution in [3.05, 3.63) is 23.7 Å². The van der Waals surface area contributed by atoms with Gasteiger partial charge in [0.25, 0.3) is 0 Å². The summed E-state index contributed by atoms with van der Waals surface area (Å²) in [6.45, 7) is 1.22. The first-order valence-corrected chi connectivity index (χ1v) is 7.57. The molecule has 0 radical (unpaired) electrons. The average Bonchev–Trinajstić information content (AvgIpc) is 3.05. The van der Waals surface area contributed by atoms with Crippen molar-refractivity contribution in [3.8, 4) is 0 Å². The van der Waals surface area contributed by atoms with E-state index in [0.29, 0.717) is 29.6 Å². The van der Waals surface area contributed by atoms with Crippen LogP contribution in [0.2, 0.25) is 0 Å². The van der Waals surface area contributed by atoms with Crippen LogP contribution in [0.4, 0.5) is 13.2 Å². The standard InChI is InChI=1S/C15H17F3N2O4/c1-9-2-3-11(24-9)12-7-19(4-5-23-12)10-6-13(21)20(14(10)22)8-15(16,17)18/h2-3,10,12H,4-8H2,1H3. The number of carbonyl (C=O) groups is 2. The number of furan rings is 1. The Morgan fingerprint density at radius 1 is 1.29 bits per heavy atom. The molecular weight excluding hydrogens is 329 g/mol. The Balaban J connectivity index is 1.70. The Labute approximate surface area is 136 Å². The molecule has 0 aromatic carbocycles. The third kappa shape index (κ3) is 3.46. The fraction of sp³-hybridized carbons (Fsp3) is 0.600. The number of hydrogen-bond donors (Lipinski definition) is 0. The van der Waals surface area contributed by atoms with Gasteiger partial charge in [-0.1, -0.05) is 0 Å². The van der Waals surface area contributed by atoms with Crippen molar-refractivity contribution in [2.45, 2.75) is 31.7 Å². The molecule has 3 heterocycles. The zero-order valence-corrected chi connectivity index (χ0v) is 13.0. The number of rotatable bonds is 3. The predicted octanol–water partition coefficient (Wildman–Crippen LogP) is 1.65. The van der Waals surface area contributed by atoms with Crippen LogP contribution in [-0.4, -0.2) is 60.1 Å². The van der Waals surface area contributed by atoms with Gasteiger partial charge in [0.05, 0.1) is 19.1 Å². The molecule has 0 aliphatic carbocycles. The zero-order chi connectivity index (χ0) is 17.5. The second-order valence-corrected chi connectivity index (χ2v) is 5.96. The molecule has 0 bridgehead atoms. The van der Waals surface area contributed by atoms with Gasteiger partial charge in [-0.2, -0.15) is 13.2 Å². The largest absolute Gasteiger partial charge is 0.464 e. The number of hydrogen-bond acceptors (Lipinski definition) is 5. The second-order valence-electron chi connectivity index (χ2n) is 5.96. The summed E-state index contributed by atoms with van der Waals surface area (Å²) in [6.07, 6.45) is -5.25. The van der Waals surface area contributed by atoms with E-state index >= 15 is 0 Å². The van der Waals surface area contributed by atoms with Gasteiger partial charge in [0.2, 0.25) is 11.8 Å². The lowest BCUT2D eigenvalue weighted by Crippen LogP contribution is -2.49. The number of amides is 2. The van der Waals surface area contributed by atoms with Crippen molar-refractivity contribution in [1.82, 2.24) is 9.80 Å². The van der Waals surface area contributed by atoms with Gasteiger partial charge in [-0.15, -0.1) is 0 Å². The van der Waals surface area contributed by atoms with Gasteiger partial charge in [0.15, 0.2) is 0 Å². The highest BCUT2D eigenvalue weighted by Crippen LogP contribution is 2.29. The van der Waals surface area contributed by atoms with Crippen LogP contribution in [0.15, 0.2) is 16.5 Å². The van der Waals surface area contributed by atoms with E-state index in [9.17, 15) is 22.8 Å². The molecular formula is C15H17F3N2O4. The first kappa shape index (κ1) is 17.0. The molecule has 2 unspecified atom stereocenters. The van der Waals surface area contributed by atoms with Gasteiger partial charge in [-0.05, 0) is 19.1 Å². The minimum absolute atomic E-state index is 0.237. The van der Waals surface area contributed by atoms with E-state index in [-0.39, 0.29) is 13.0 Å². The first-order chi connectivity index (χ1) is 11.2. The lowest BCUT2D eigenvalue weighted by atomic mass is 10.1. The number of morpholine rings is 1. The number of alkyl halides is 3. The minimum atomic E-state index is -4.60. The molecule has 9 heteroatoms. The lowest BCUT2D eigenvalue weighted by molar-refractivity contribution is -0.166. The topological polar surface area (TPSA) is 63.0 Å². The van der Waals surface area contributed by atoms with Crippen molar-refractivity contribution < 1.29 is 31.9 Å². The van der Waals surface area contributed by atoms with E-state index < -0.39 is 36.7 Å². The van der Waals surface area contributed by atoms with Crippen LogP contribution in [0.3, 0.4) is 0 Å². The number of aryl methyl sites for hydroxylation is 1. The molecule has 2 amide bonds. The fourth-order valence-electron chi connectivity index (χ4n) is 3.05. The molecule has 24 heavy (non-hydrogen) atoms. The molecule has 1 aromatic rings. The Morgan fingerprint density at radius 2 is 2.04 bits per heavy atom. The summed E-state index contributed by atoms with van der Waals surface area (Å²) in [7, 11) is 0. The maximum absolute atomic E-state index is 12.5. The quantitative estimate of drug-likeness (QED) is 0.779. The van der Waals surface area contributed by atoms with Gasteiger partial charge in [0, 0.05) is 13.1 Å². The molecule has 0 N–H and O–H groups in total. The maximum Gasteiger partial charge on any atom is 0.406 e. The Morgan fingerprint density at radius 3 is 2.67 bits per heavy atom. The van der Waals surface area contributed by atoms with Gasteiger partial charge in [0.1, 0.15) is 24.2 Å². The monoisotopic (exact) mass is 346 g/mol. The molecule has 1 aromatic heterocycles. The summed E-state index contributed by atoms with van der Waals surface area (Å²) in [4.78, 5) is 26.0. The SMILES string of the molecule is Cc1ccc(C2CN(C3CC(=O)N(CC(F)(F)F)C3=O)CCO2)o1. The molecule has 6 nitrogen and oxygen atoms in total.